The first-order chi connectivity index (χ1) is 15.1. The van der Waals surface area contributed by atoms with Gasteiger partial charge < -0.3 is 14.6 Å². The van der Waals surface area contributed by atoms with Crippen LogP contribution in [-0.4, -0.2) is 29.2 Å². The number of fused-ring (bicyclic) bond motifs is 5. The summed E-state index contributed by atoms with van der Waals surface area (Å²) in [6.07, 6.45) is 1.83. The molecule has 156 valence electrons. The van der Waals surface area contributed by atoms with Crippen LogP contribution >= 0.6 is 0 Å². The molecule has 1 aromatic heterocycles. The number of nitrogens with one attached hydrogen (secondary N) is 1. The predicted octanol–water partition coefficient (Wildman–Crippen LogP) is 3.49. The fraction of sp³-hybridized carbons (Fsp3) is 0.208. The molecule has 0 saturated heterocycles. The highest BCUT2D eigenvalue weighted by Gasteiger charge is 2.47. The van der Waals surface area contributed by atoms with Gasteiger partial charge in [0.05, 0.1) is 24.1 Å². The van der Waals surface area contributed by atoms with Crippen LogP contribution in [0.5, 0.6) is 0 Å². The molecule has 2 aromatic carbocycles. The number of rotatable bonds is 6. The molecule has 3 amide bonds. The number of hydrogen-bond acceptors (Lipinski definition) is 4. The number of carbonyl (C=O) groups is 3. The molecule has 31 heavy (non-hydrogen) atoms. The zero-order chi connectivity index (χ0) is 21.4. The van der Waals surface area contributed by atoms with Gasteiger partial charge in [-0.15, -0.1) is 0 Å². The van der Waals surface area contributed by atoms with Crippen LogP contribution in [-0.2, 0) is 11.3 Å². The first-order valence-electron chi connectivity index (χ1n) is 10.3. The molecule has 0 aliphatic carbocycles. The smallest absolute Gasteiger partial charge is 0.260 e. The molecule has 0 radical (unpaired) electrons. The first-order valence-corrected chi connectivity index (χ1v) is 10.3. The maximum atomic E-state index is 13.3. The SMILES string of the molecule is O=C(CCCN1C(=O)c2ccccc2N2C(=O)c3ccccc3[C@H]12)NCc1ccco1. The van der Waals surface area contributed by atoms with E-state index in [0.29, 0.717) is 42.1 Å². The van der Waals surface area contributed by atoms with Crippen molar-refractivity contribution in [3.8, 4) is 0 Å². The van der Waals surface area contributed by atoms with Gasteiger partial charge in [0.15, 0.2) is 0 Å². The molecule has 7 nitrogen and oxygen atoms in total. The van der Waals surface area contributed by atoms with Gasteiger partial charge in [-0.1, -0.05) is 30.3 Å². The van der Waals surface area contributed by atoms with E-state index in [-0.39, 0.29) is 24.1 Å². The van der Waals surface area contributed by atoms with E-state index < -0.39 is 6.17 Å². The number of carbonyl (C=O) groups excluding carboxylic acids is 3. The summed E-state index contributed by atoms with van der Waals surface area (Å²) in [5.74, 6) is 0.341. The van der Waals surface area contributed by atoms with Crippen LogP contribution < -0.4 is 10.2 Å². The van der Waals surface area contributed by atoms with Gasteiger partial charge >= 0.3 is 0 Å². The Labute approximate surface area is 179 Å². The molecular formula is C24H21N3O4. The van der Waals surface area contributed by atoms with Crippen molar-refractivity contribution in [2.45, 2.75) is 25.6 Å². The molecule has 0 spiro atoms. The molecule has 0 bridgehead atoms. The number of anilines is 1. The van der Waals surface area contributed by atoms with Crippen molar-refractivity contribution in [3.63, 3.8) is 0 Å². The van der Waals surface area contributed by atoms with Crippen molar-refractivity contribution in [1.29, 1.82) is 0 Å². The van der Waals surface area contributed by atoms with Crippen LogP contribution in [0.3, 0.4) is 0 Å². The lowest BCUT2D eigenvalue weighted by atomic mass is 10.0. The third-order valence-corrected chi connectivity index (χ3v) is 5.73. The number of amides is 3. The molecule has 0 unspecified atom stereocenters. The minimum absolute atomic E-state index is 0.109. The Balaban J connectivity index is 1.35. The normalized spacial score (nSPS) is 16.7. The molecule has 1 N–H and O–H groups in total. The topological polar surface area (TPSA) is 82.9 Å². The Morgan fingerprint density at radius 1 is 0.935 bits per heavy atom. The van der Waals surface area contributed by atoms with Crippen LogP contribution in [0.25, 0.3) is 0 Å². The van der Waals surface area contributed by atoms with Gasteiger partial charge in [-0.05, 0) is 36.8 Å². The lowest BCUT2D eigenvalue weighted by molar-refractivity contribution is -0.121. The Morgan fingerprint density at radius 2 is 1.71 bits per heavy atom. The van der Waals surface area contributed by atoms with Crippen LogP contribution in [0.1, 0.15) is 51.0 Å². The molecule has 3 heterocycles. The van der Waals surface area contributed by atoms with E-state index in [1.54, 1.807) is 46.4 Å². The predicted molar refractivity (Wildman–Crippen MR) is 113 cm³/mol. The standard InChI is InChI=1S/C24H21N3O4/c28-21(25-15-16-7-6-14-31-16)12-5-13-26-22-17-8-1-2-9-18(17)24(30)27(22)20-11-4-3-10-19(20)23(26)29/h1-4,6-11,14,22H,5,12-13,15H2,(H,25,28)/t22-/m1/s1. The Hall–Kier alpha value is -3.87. The van der Waals surface area contributed by atoms with Crippen LogP contribution in [0.2, 0.25) is 0 Å². The minimum atomic E-state index is -0.489. The van der Waals surface area contributed by atoms with Gasteiger partial charge in [0, 0.05) is 24.1 Å². The zero-order valence-corrected chi connectivity index (χ0v) is 16.8. The van der Waals surface area contributed by atoms with Crippen LogP contribution in [0.15, 0.2) is 71.3 Å². The lowest BCUT2D eigenvalue weighted by Crippen LogP contribution is -2.48. The summed E-state index contributed by atoms with van der Waals surface area (Å²) in [6, 6.07) is 18.1. The number of hydrogen-bond donors (Lipinski definition) is 1. The molecule has 2 aliphatic rings. The Kier molecular flexibility index (Phi) is 4.78. The van der Waals surface area contributed by atoms with Crippen LogP contribution in [0.4, 0.5) is 5.69 Å². The highest BCUT2D eigenvalue weighted by atomic mass is 16.3. The van der Waals surface area contributed by atoms with Gasteiger partial charge in [0.25, 0.3) is 11.8 Å². The third-order valence-electron chi connectivity index (χ3n) is 5.73. The van der Waals surface area contributed by atoms with Crippen molar-refractivity contribution < 1.29 is 18.8 Å². The van der Waals surface area contributed by atoms with Gasteiger partial charge in [-0.2, -0.15) is 0 Å². The van der Waals surface area contributed by atoms with Crippen molar-refractivity contribution in [2.75, 3.05) is 11.4 Å². The van der Waals surface area contributed by atoms with Crippen molar-refractivity contribution in [2.24, 2.45) is 0 Å². The third kappa shape index (κ3) is 3.28. The minimum Gasteiger partial charge on any atom is -0.467 e. The van der Waals surface area contributed by atoms with Crippen molar-refractivity contribution in [3.05, 3.63) is 89.4 Å². The molecular weight excluding hydrogens is 394 g/mol. The summed E-state index contributed by atoms with van der Waals surface area (Å²) in [4.78, 5) is 42.1. The van der Waals surface area contributed by atoms with E-state index in [2.05, 4.69) is 5.32 Å². The van der Waals surface area contributed by atoms with Gasteiger partial charge in [-0.25, -0.2) is 0 Å². The summed E-state index contributed by atoms with van der Waals surface area (Å²) < 4.78 is 5.22. The van der Waals surface area contributed by atoms with Crippen molar-refractivity contribution in [1.82, 2.24) is 10.2 Å². The van der Waals surface area contributed by atoms with Gasteiger partial charge in [0.1, 0.15) is 11.9 Å². The average molecular weight is 415 g/mol. The second-order valence-corrected chi connectivity index (χ2v) is 7.61. The summed E-state index contributed by atoms with van der Waals surface area (Å²) in [7, 11) is 0. The number of nitrogens with zero attached hydrogens (tertiary/aromatic N) is 2. The van der Waals surface area contributed by atoms with Crippen LogP contribution in [0, 0.1) is 0 Å². The van der Waals surface area contributed by atoms with E-state index in [4.69, 9.17) is 4.42 Å². The first kappa shape index (κ1) is 19.1. The molecule has 1 atom stereocenters. The molecule has 5 rings (SSSR count). The monoisotopic (exact) mass is 415 g/mol. The maximum absolute atomic E-state index is 13.3. The summed E-state index contributed by atoms with van der Waals surface area (Å²) in [6.45, 7) is 0.699. The highest BCUT2D eigenvalue weighted by molar-refractivity contribution is 6.16. The largest absolute Gasteiger partial charge is 0.467 e. The number of benzene rings is 2. The van der Waals surface area contributed by atoms with E-state index in [1.165, 1.54) is 0 Å². The fourth-order valence-electron chi connectivity index (χ4n) is 4.30. The number of furan rings is 1. The summed E-state index contributed by atoms with van der Waals surface area (Å²) >= 11 is 0. The van der Waals surface area contributed by atoms with E-state index in [9.17, 15) is 14.4 Å². The fourth-order valence-corrected chi connectivity index (χ4v) is 4.30. The molecule has 0 fully saturated rings. The second-order valence-electron chi connectivity index (χ2n) is 7.61. The maximum Gasteiger partial charge on any atom is 0.260 e. The van der Waals surface area contributed by atoms with Gasteiger partial charge in [-0.3, -0.25) is 19.3 Å². The Morgan fingerprint density at radius 3 is 2.52 bits per heavy atom. The number of para-hydroxylation sites is 1. The molecule has 2 aliphatic heterocycles. The average Bonchev–Trinajstić information content (AvgIpc) is 3.42. The van der Waals surface area contributed by atoms with E-state index in [0.717, 1.165) is 5.56 Å². The molecule has 3 aromatic rings. The molecule has 0 saturated carbocycles. The molecule has 7 heteroatoms. The summed E-state index contributed by atoms with van der Waals surface area (Å²) in [5, 5.41) is 2.82. The van der Waals surface area contributed by atoms with Gasteiger partial charge in [0.2, 0.25) is 5.91 Å². The lowest BCUT2D eigenvalue weighted by Gasteiger charge is -2.41. The highest BCUT2D eigenvalue weighted by Crippen LogP contribution is 2.45. The van der Waals surface area contributed by atoms with E-state index >= 15 is 0 Å². The summed E-state index contributed by atoms with van der Waals surface area (Å²) in [5.41, 5.74) is 2.56. The zero-order valence-electron chi connectivity index (χ0n) is 16.8. The second kappa shape index (κ2) is 7.75. The van der Waals surface area contributed by atoms with E-state index in [1.807, 2.05) is 30.3 Å². The van der Waals surface area contributed by atoms with Crippen molar-refractivity contribution >= 4 is 23.4 Å². The quantitative estimate of drug-likeness (QED) is 0.668. The Bertz CT molecular complexity index is 1160.